The molecule has 2 saturated heterocycles. The van der Waals surface area contributed by atoms with Crippen LogP contribution in [0.15, 0.2) is 6.20 Å². The van der Waals surface area contributed by atoms with E-state index in [1.807, 2.05) is 17.5 Å². The van der Waals surface area contributed by atoms with Crippen LogP contribution in [0.4, 0.5) is 0 Å². The molecule has 2 fully saturated rings. The van der Waals surface area contributed by atoms with Crippen LogP contribution in [-0.2, 0) is 6.54 Å². The van der Waals surface area contributed by atoms with E-state index in [1.54, 1.807) is 0 Å². The number of nitrogens with one attached hydrogen (secondary N) is 1. The summed E-state index contributed by atoms with van der Waals surface area (Å²) in [5, 5.41) is 4.92. The summed E-state index contributed by atoms with van der Waals surface area (Å²) in [6, 6.07) is 2.34. The van der Waals surface area contributed by atoms with Gasteiger partial charge >= 0.3 is 0 Å². The third-order valence-electron chi connectivity index (χ3n) is 4.57. The van der Waals surface area contributed by atoms with E-state index in [-0.39, 0.29) is 0 Å². The number of thiazole rings is 1. The van der Waals surface area contributed by atoms with Crippen LogP contribution < -0.4 is 5.32 Å². The molecule has 1 aromatic rings. The molecule has 1 N–H and O–H groups in total. The molecule has 0 aromatic carbocycles. The van der Waals surface area contributed by atoms with Gasteiger partial charge in [0.1, 0.15) is 0 Å². The summed E-state index contributed by atoms with van der Waals surface area (Å²) in [6.07, 6.45) is 8.88. The van der Waals surface area contributed by atoms with Crippen molar-refractivity contribution < 1.29 is 0 Å². The first kappa shape index (κ1) is 12.6. The molecule has 0 saturated carbocycles. The van der Waals surface area contributed by atoms with Crippen LogP contribution in [0.2, 0.25) is 0 Å². The van der Waals surface area contributed by atoms with E-state index in [0.29, 0.717) is 6.04 Å². The van der Waals surface area contributed by atoms with Gasteiger partial charge < -0.3 is 10.2 Å². The molecule has 3 heterocycles. The fraction of sp³-hybridized carbons (Fsp3) is 0.786. The largest absolute Gasteiger partial charge is 0.309 e. The Balaban J connectivity index is 1.55. The van der Waals surface area contributed by atoms with Crippen molar-refractivity contribution in [2.75, 3.05) is 7.05 Å². The highest BCUT2D eigenvalue weighted by Crippen LogP contribution is 2.32. The first-order chi connectivity index (χ1) is 8.72. The van der Waals surface area contributed by atoms with Gasteiger partial charge in [-0.1, -0.05) is 6.42 Å². The van der Waals surface area contributed by atoms with Crippen molar-refractivity contribution in [3.8, 4) is 0 Å². The number of nitrogens with zero attached hydrogens (tertiary/aromatic N) is 2. The molecule has 2 unspecified atom stereocenters. The molecule has 100 valence electrons. The summed E-state index contributed by atoms with van der Waals surface area (Å²) >= 11 is 1.81. The lowest BCUT2D eigenvalue weighted by Gasteiger charge is -2.47. The minimum Gasteiger partial charge on any atom is -0.309 e. The second-order valence-electron chi connectivity index (χ2n) is 5.80. The van der Waals surface area contributed by atoms with E-state index in [1.165, 1.54) is 42.0 Å². The molecule has 0 spiro atoms. The number of aromatic nitrogens is 1. The second kappa shape index (κ2) is 5.27. The number of fused-ring (bicyclic) bond motifs is 2. The molecule has 0 aliphatic carbocycles. The summed E-state index contributed by atoms with van der Waals surface area (Å²) in [5.74, 6) is 0. The molecule has 1 aromatic heterocycles. The Kier molecular flexibility index (Phi) is 3.68. The van der Waals surface area contributed by atoms with E-state index >= 15 is 0 Å². The average molecular weight is 265 g/mol. The zero-order valence-corrected chi connectivity index (χ0v) is 12.2. The molecular formula is C14H23N3S. The monoisotopic (exact) mass is 265 g/mol. The van der Waals surface area contributed by atoms with Gasteiger partial charge in [0.05, 0.1) is 5.01 Å². The normalized spacial score (nSPS) is 32.7. The Hall–Kier alpha value is -0.450. The molecule has 2 aliphatic heterocycles. The Morgan fingerprint density at radius 2 is 2.11 bits per heavy atom. The van der Waals surface area contributed by atoms with Crippen LogP contribution in [0.1, 0.15) is 42.0 Å². The SMILES string of the molecule is Cc1ncc(CNC2CC3CCCC(C2)N3C)s1. The van der Waals surface area contributed by atoms with Gasteiger partial charge in [-0.25, -0.2) is 4.98 Å². The fourth-order valence-corrected chi connectivity index (χ4v) is 4.26. The maximum atomic E-state index is 4.32. The van der Waals surface area contributed by atoms with E-state index in [9.17, 15) is 0 Å². The van der Waals surface area contributed by atoms with Crippen molar-refractivity contribution in [1.29, 1.82) is 0 Å². The molecule has 0 amide bonds. The lowest BCUT2D eigenvalue weighted by Crippen LogP contribution is -2.54. The zero-order valence-electron chi connectivity index (χ0n) is 11.4. The van der Waals surface area contributed by atoms with Crippen LogP contribution in [-0.4, -0.2) is 35.1 Å². The number of aryl methyl sites for hydroxylation is 1. The Labute approximate surface area is 114 Å². The summed E-state index contributed by atoms with van der Waals surface area (Å²) in [6.45, 7) is 3.08. The number of hydrogen-bond acceptors (Lipinski definition) is 4. The van der Waals surface area contributed by atoms with Crippen molar-refractivity contribution in [2.24, 2.45) is 0 Å². The highest BCUT2D eigenvalue weighted by molar-refractivity contribution is 7.11. The molecule has 2 aliphatic rings. The maximum absolute atomic E-state index is 4.32. The van der Waals surface area contributed by atoms with Crippen LogP contribution in [0, 0.1) is 6.92 Å². The van der Waals surface area contributed by atoms with Gasteiger partial charge in [0.2, 0.25) is 0 Å². The van der Waals surface area contributed by atoms with Crippen LogP contribution in [0.25, 0.3) is 0 Å². The van der Waals surface area contributed by atoms with Gasteiger partial charge in [0.15, 0.2) is 0 Å². The fourth-order valence-electron chi connectivity index (χ4n) is 3.51. The zero-order chi connectivity index (χ0) is 12.5. The molecule has 4 heteroatoms. The predicted molar refractivity (Wildman–Crippen MR) is 75.9 cm³/mol. The highest BCUT2D eigenvalue weighted by Gasteiger charge is 2.35. The van der Waals surface area contributed by atoms with E-state index in [2.05, 4.69) is 29.2 Å². The predicted octanol–water partition coefficient (Wildman–Crippen LogP) is 2.56. The third kappa shape index (κ3) is 2.60. The standard InChI is InChI=1S/C14H23N3S/c1-10-15-8-14(18-10)9-16-11-6-12-4-3-5-13(7-11)17(12)2/h8,11-13,16H,3-7,9H2,1-2H3. The van der Waals surface area contributed by atoms with Crippen LogP contribution >= 0.6 is 11.3 Å². The Morgan fingerprint density at radius 3 is 2.72 bits per heavy atom. The topological polar surface area (TPSA) is 28.2 Å². The van der Waals surface area contributed by atoms with Gasteiger partial charge in [-0.3, -0.25) is 0 Å². The molecule has 0 radical (unpaired) electrons. The van der Waals surface area contributed by atoms with Gasteiger partial charge in [0.25, 0.3) is 0 Å². The van der Waals surface area contributed by atoms with Gasteiger partial charge in [-0.2, -0.15) is 0 Å². The van der Waals surface area contributed by atoms with Gasteiger partial charge in [-0.05, 0) is 39.7 Å². The van der Waals surface area contributed by atoms with Crippen molar-refractivity contribution in [3.63, 3.8) is 0 Å². The summed E-state index contributed by atoms with van der Waals surface area (Å²) in [4.78, 5) is 8.32. The third-order valence-corrected chi connectivity index (χ3v) is 5.49. The van der Waals surface area contributed by atoms with Crippen molar-refractivity contribution in [2.45, 2.75) is 63.7 Å². The number of hydrogen-bond donors (Lipinski definition) is 1. The highest BCUT2D eigenvalue weighted by atomic mass is 32.1. The molecule has 18 heavy (non-hydrogen) atoms. The molecular weight excluding hydrogens is 242 g/mol. The minimum atomic E-state index is 0.707. The summed E-state index contributed by atoms with van der Waals surface area (Å²) < 4.78 is 0. The first-order valence-electron chi connectivity index (χ1n) is 7.09. The van der Waals surface area contributed by atoms with E-state index in [0.717, 1.165) is 18.6 Å². The minimum absolute atomic E-state index is 0.707. The van der Waals surface area contributed by atoms with Crippen LogP contribution in [0.5, 0.6) is 0 Å². The Morgan fingerprint density at radius 1 is 1.39 bits per heavy atom. The van der Waals surface area contributed by atoms with Crippen molar-refractivity contribution in [3.05, 3.63) is 16.1 Å². The molecule has 2 bridgehead atoms. The molecule has 3 rings (SSSR count). The van der Waals surface area contributed by atoms with E-state index < -0.39 is 0 Å². The maximum Gasteiger partial charge on any atom is 0.0897 e. The second-order valence-corrected chi connectivity index (χ2v) is 7.12. The smallest absolute Gasteiger partial charge is 0.0897 e. The van der Waals surface area contributed by atoms with Gasteiger partial charge in [0, 0.05) is 35.7 Å². The first-order valence-corrected chi connectivity index (χ1v) is 7.90. The number of piperidine rings is 2. The Bertz CT molecular complexity index is 389. The quantitative estimate of drug-likeness (QED) is 0.910. The van der Waals surface area contributed by atoms with Gasteiger partial charge in [-0.15, -0.1) is 11.3 Å². The molecule has 2 atom stereocenters. The van der Waals surface area contributed by atoms with Crippen molar-refractivity contribution in [1.82, 2.24) is 15.2 Å². The summed E-state index contributed by atoms with van der Waals surface area (Å²) in [7, 11) is 2.32. The van der Waals surface area contributed by atoms with Crippen LogP contribution in [0.3, 0.4) is 0 Å². The summed E-state index contributed by atoms with van der Waals surface area (Å²) in [5.41, 5.74) is 0. The molecule has 3 nitrogen and oxygen atoms in total. The van der Waals surface area contributed by atoms with Crippen molar-refractivity contribution >= 4 is 11.3 Å². The van der Waals surface area contributed by atoms with E-state index in [4.69, 9.17) is 0 Å². The lowest BCUT2D eigenvalue weighted by atomic mass is 9.82. The lowest BCUT2D eigenvalue weighted by molar-refractivity contribution is 0.0483. The average Bonchev–Trinajstić information content (AvgIpc) is 2.73. The number of rotatable bonds is 3.